The van der Waals surface area contributed by atoms with Gasteiger partial charge in [-0.25, -0.2) is 0 Å². The van der Waals surface area contributed by atoms with Crippen LogP contribution in [0.2, 0.25) is 0 Å². The first-order valence-electron chi connectivity index (χ1n) is 3.30. The van der Waals surface area contributed by atoms with Crippen molar-refractivity contribution in [3.63, 3.8) is 0 Å². The highest BCUT2D eigenvalue weighted by Crippen LogP contribution is 1.78. The van der Waals surface area contributed by atoms with Crippen LogP contribution in [0.4, 0.5) is 0 Å². The molecule has 1 unspecified atom stereocenters. The summed E-state index contributed by atoms with van der Waals surface area (Å²) in [6.45, 7) is -0.0399. The van der Waals surface area contributed by atoms with E-state index in [1.165, 1.54) is 0 Å². The van der Waals surface area contributed by atoms with Crippen LogP contribution in [0.3, 0.4) is 0 Å². The predicted molar refractivity (Wildman–Crippen MR) is 42.4 cm³/mol. The summed E-state index contributed by atoms with van der Waals surface area (Å²) in [6, 6.07) is -0.682. The maximum absolute atomic E-state index is 10.8. The van der Waals surface area contributed by atoms with E-state index in [9.17, 15) is 9.59 Å². The molecule has 0 saturated heterocycles. The van der Waals surface area contributed by atoms with Crippen molar-refractivity contribution in [2.45, 2.75) is 6.04 Å². The highest BCUT2D eigenvalue weighted by molar-refractivity contribution is 5.78. The molecule has 0 aliphatic carbocycles. The minimum Gasteiger partial charge on any atom is -0.353 e. The van der Waals surface area contributed by atoms with Gasteiger partial charge in [0.2, 0.25) is 5.91 Å². The molecule has 66 valence electrons. The highest BCUT2D eigenvalue weighted by Gasteiger charge is 2.04. The van der Waals surface area contributed by atoms with Gasteiger partial charge in [0.15, 0.2) is 0 Å². The molecule has 12 heavy (non-hydrogen) atoms. The topological polar surface area (TPSA) is 75.4 Å². The lowest BCUT2D eigenvalue weighted by molar-refractivity contribution is -0.121. The molecule has 0 aromatic rings. The number of carbonyl (C=O) groups is 2. The molecular formula is C7H11N3O2. The number of nitrogens with two attached hydrogens (primary N) is 1. The van der Waals surface area contributed by atoms with Crippen LogP contribution in [-0.4, -0.2) is 36.2 Å². The van der Waals surface area contributed by atoms with Gasteiger partial charge >= 0.3 is 0 Å². The Morgan fingerprint density at radius 3 is 2.67 bits per heavy atom. The Labute approximate surface area is 71.9 Å². The van der Waals surface area contributed by atoms with Crippen LogP contribution in [0.5, 0.6) is 0 Å². The largest absolute Gasteiger partial charge is 0.353 e. The molecule has 0 heterocycles. The second-order valence-corrected chi connectivity index (χ2v) is 2.28. The van der Waals surface area contributed by atoms with E-state index in [1.54, 1.807) is 0 Å². The lowest BCUT2D eigenvalue weighted by Crippen LogP contribution is -2.40. The number of rotatable bonds is 5. The van der Waals surface area contributed by atoms with Crippen molar-refractivity contribution < 1.29 is 9.59 Å². The summed E-state index contributed by atoms with van der Waals surface area (Å²) in [4.78, 5) is 21.5. The van der Waals surface area contributed by atoms with Crippen molar-refractivity contribution in [3.05, 3.63) is 14.1 Å². The molecule has 0 fully saturated rings. The van der Waals surface area contributed by atoms with Gasteiger partial charge in [-0.1, -0.05) is 0 Å². The molecule has 0 rings (SSSR count). The van der Waals surface area contributed by atoms with E-state index in [-0.39, 0.29) is 19.0 Å². The van der Waals surface area contributed by atoms with Gasteiger partial charge in [-0.3, -0.25) is 9.69 Å². The monoisotopic (exact) mass is 169 g/mol. The van der Waals surface area contributed by atoms with Crippen molar-refractivity contribution in [2.24, 2.45) is 5.73 Å². The zero-order chi connectivity index (χ0) is 9.56. The van der Waals surface area contributed by atoms with Crippen LogP contribution in [0.15, 0.2) is 0 Å². The summed E-state index contributed by atoms with van der Waals surface area (Å²) in [5.41, 5.74) is 5.19. The molecule has 3 N–H and O–H groups in total. The molecule has 0 spiro atoms. The Bertz CT molecular complexity index is 159. The summed E-state index contributed by atoms with van der Waals surface area (Å²) in [5.74, 6) is -0.377. The van der Waals surface area contributed by atoms with E-state index < -0.39 is 6.04 Å². The Hall–Kier alpha value is -0.940. The summed E-state index contributed by atoms with van der Waals surface area (Å²) >= 11 is 0. The van der Waals surface area contributed by atoms with Crippen LogP contribution in [0.1, 0.15) is 0 Å². The van der Waals surface area contributed by atoms with Crippen LogP contribution in [0, 0.1) is 14.1 Å². The van der Waals surface area contributed by atoms with Crippen molar-refractivity contribution >= 4 is 12.2 Å². The highest BCUT2D eigenvalue weighted by atomic mass is 16.2. The predicted octanol–water partition coefficient (Wildman–Crippen LogP) is -1.73. The summed E-state index contributed by atoms with van der Waals surface area (Å²) in [7, 11) is 9.96. The fourth-order valence-electron chi connectivity index (χ4n) is 0.502. The van der Waals surface area contributed by atoms with Gasteiger partial charge < -0.3 is 15.8 Å². The van der Waals surface area contributed by atoms with Gasteiger partial charge in [-0.15, -0.1) is 0 Å². The van der Waals surface area contributed by atoms with Crippen LogP contribution in [-0.2, 0) is 9.59 Å². The third-order valence-electron chi connectivity index (χ3n) is 1.04. The van der Waals surface area contributed by atoms with E-state index in [2.05, 4.69) is 5.32 Å². The van der Waals surface area contributed by atoms with E-state index in [4.69, 9.17) is 19.8 Å². The third kappa shape index (κ3) is 5.82. The van der Waals surface area contributed by atoms with Crippen molar-refractivity contribution in [1.29, 1.82) is 0 Å². The van der Waals surface area contributed by atoms with E-state index in [1.807, 2.05) is 0 Å². The number of nitrogens with zero attached hydrogens (tertiary/aromatic N) is 1. The number of carbonyl (C=O) groups excluding carboxylic acids is 2. The van der Waals surface area contributed by atoms with Gasteiger partial charge in [-0.05, 0) is 0 Å². The number of nitrogens with one attached hydrogen (secondary N) is 1. The van der Waals surface area contributed by atoms with Gasteiger partial charge in [0, 0.05) is 20.6 Å². The Kier molecular flexibility index (Phi) is 5.23. The molecule has 0 aliphatic rings. The molecule has 0 aliphatic heterocycles. The normalized spacial score (nSPS) is 12.7. The Balaban J connectivity index is 3.50. The molecule has 5 heteroatoms. The number of amides is 1. The zero-order valence-electron chi connectivity index (χ0n) is 6.56. The molecule has 0 bridgehead atoms. The Morgan fingerprint density at radius 2 is 2.25 bits per heavy atom. The van der Waals surface area contributed by atoms with Crippen LogP contribution < -0.4 is 11.1 Å². The number of hydrogen-bond acceptors (Lipinski definition) is 4. The molecule has 0 saturated carbocycles. The van der Waals surface area contributed by atoms with Crippen LogP contribution in [0.25, 0.3) is 0 Å². The molecule has 5 nitrogen and oxygen atoms in total. The van der Waals surface area contributed by atoms with Gasteiger partial charge in [0.1, 0.15) is 6.29 Å². The molecule has 4 radical (unpaired) electrons. The van der Waals surface area contributed by atoms with Crippen molar-refractivity contribution in [1.82, 2.24) is 10.2 Å². The zero-order valence-corrected chi connectivity index (χ0v) is 6.56. The minimum absolute atomic E-state index is 0.0934. The first-order valence-corrected chi connectivity index (χ1v) is 3.30. The fourth-order valence-corrected chi connectivity index (χ4v) is 0.502. The van der Waals surface area contributed by atoms with E-state index in [0.717, 1.165) is 4.90 Å². The molecule has 1 atom stereocenters. The fraction of sp³-hybridized carbons (Fsp3) is 0.429. The second kappa shape index (κ2) is 5.68. The minimum atomic E-state index is -0.682. The lowest BCUT2D eigenvalue weighted by Gasteiger charge is -2.09. The molecule has 0 aromatic carbocycles. The van der Waals surface area contributed by atoms with Gasteiger partial charge in [0.25, 0.3) is 0 Å². The van der Waals surface area contributed by atoms with E-state index >= 15 is 0 Å². The summed E-state index contributed by atoms with van der Waals surface area (Å²) < 4.78 is 0. The maximum Gasteiger partial charge on any atom is 0.234 e. The SMILES string of the molecule is [CH]N([CH])CC(=O)NCC(N)C=O. The number of aldehydes is 1. The van der Waals surface area contributed by atoms with E-state index in [0.29, 0.717) is 6.29 Å². The maximum atomic E-state index is 10.8. The second-order valence-electron chi connectivity index (χ2n) is 2.28. The van der Waals surface area contributed by atoms with Gasteiger partial charge in [0.05, 0.1) is 12.6 Å². The smallest absolute Gasteiger partial charge is 0.234 e. The lowest BCUT2D eigenvalue weighted by atomic mass is 10.3. The molecule has 0 aromatic heterocycles. The van der Waals surface area contributed by atoms with Crippen molar-refractivity contribution in [3.8, 4) is 0 Å². The third-order valence-corrected chi connectivity index (χ3v) is 1.04. The average molecular weight is 169 g/mol. The quantitative estimate of drug-likeness (QED) is 0.379. The summed E-state index contributed by atoms with van der Waals surface area (Å²) in [5, 5.41) is 2.37. The first-order chi connectivity index (χ1) is 5.56. The van der Waals surface area contributed by atoms with Crippen LogP contribution >= 0.6 is 0 Å². The van der Waals surface area contributed by atoms with Crippen molar-refractivity contribution in [2.75, 3.05) is 13.1 Å². The number of hydrogen-bond donors (Lipinski definition) is 2. The Morgan fingerprint density at radius 1 is 1.67 bits per heavy atom. The van der Waals surface area contributed by atoms with Gasteiger partial charge in [-0.2, -0.15) is 0 Å². The molecular weight excluding hydrogens is 158 g/mol. The average Bonchev–Trinajstić information content (AvgIpc) is 1.99. The summed E-state index contributed by atoms with van der Waals surface area (Å²) in [6.07, 6.45) is 0.545. The standard InChI is InChI=1S/C7H11N3O2/c1-10(2)4-7(12)9-3-6(8)5-11/h1-2,5-6H,3-4,8H2,(H,9,12). The first kappa shape index (κ1) is 11.1. The molecule has 1 amide bonds.